The van der Waals surface area contributed by atoms with Crippen LogP contribution in [0.2, 0.25) is 0 Å². The largest absolute Gasteiger partial charge is 0.480 e. The summed E-state index contributed by atoms with van der Waals surface area (Å²) < 4.78 is 22.9. The highest BCUT2D eigenvalue weighted by molar-refractivity contribution is 8.00. The lowest BCUT2D eigenvalue weighted by Gasteiger charge is -2.29. The first-order valence-corrected chi connectivity index (χ1v) is 9.06. The van der Waals surface area contributed by atoms with E-state index in [4.69, 9.17) is 5.11 Å². The number of carboxylic acid groups (broad SMARTS) is 1. The van der Waals surface area contributed by atoms with Gasteiger partial charge in [-0.1, -0.05) is 13.3 Å². The molecule has 1 aliphatic rings. The van der Waals surface area contributed by atoms with Crippen LogP contribution in [0.1, 0.15) is 26.7 Å². The van der Waals surface area contributed by atoms with Gasteiger partial charge in [0, 0.05) is 12.0 Å². The highest BCUT2D eigenvalue weighted by Gasteiger charge is 2.44. The SMILES string of the molecule is CCCC1SCC(C(=O)O)N1C(=O)C(C)S(C)(=O)=O. The quantitative estimate of drug-likeness (QED) is 0.798. The molecule has 0 saturated carbocycles. The molecule has 1 amide bonds. The van der Waals surface area contributed by atoms with E-state index in [9.17, 15) is 18.0 Å². The van der Waals surface area contributed by atoms with Gasteiger partial charge < -0.3 is 10.0 Å². The zero-order valence-electron chi connectivity index (χ0n) is 11.2. The molecule has 8 heteroatoms. The Labute approximate surface area is 117 Å². The van der Waals surface area contributed by atoms with E-state index in [2.05, 4.69) is 0 Å². The van der Waals surface area contributed by atoms with Crippen LogP contribution in [-0.2, 0) is 19.4 Å². The molecule has 1 fully saturated rings. The summed E-state index contributed by atoms with van der Waals surface area (Å²) in [4.78, 5) is 24.7. The number of aliphatic carboxylic acids is 1. The van der Waals surface area contributed by atoms with Crippen LogP contribution in [0.15, 0.2) is 0 Å². The van der Waals surface area contributed by atoms with E-state index in [1.54, 1.807) is 0 Å². The van der Waals surface area contributed by atoms with Gasteiger partial charge in [-0.2, -0.15) is 0 Å². The number of amides is 1. The highest BCUT2D eigenvalue weighted by Crippen LogP contribution is 2.33. The molecule has 0 aromatic carbocycles. The van der Waals surface area contributed by atoms with Crippen molar-refractivity contribution in [3.8, 4) is 0 Å². The van der Waals surface area contributed by atoms with Gasteiger partial charge in [-0.05, 0) is 13.3 Å². The predicted octanol–water partition coefficient (Wildman–Crippen LogP) is 0.574. The Balaban J connectivity index is 3.02. The van der Waals surface area contributed by atoms with E-state index < -0.39 is 33.0 Å². The Morgan fingerprint density at radius 2 is 2.05 bits per heavy atom. The molecule has 6 nitrogen and oxygen atoms in total. The zero-order chi connectivity index (χ0) is 14.8. The van der Waals surface area contributed by atoms with Crippen molar-refractivity contribution in [1.29, 1.82) is 0 Å². The normalized spacial score (nSPS) is 25.3. The molecule has 1 N–H and O–H groups in total. The van der Waals surface area contributed by atoms with Crippen LogP contribution in [0.25, 0.3) is 0 Å². The molecule has 3 unspecified atom stereocenters. The first-order valence-electron chi connectivity index (χ1n) is 6.05. The highest BCUT2D eigenvalue weighted by atomic mass is 32.2. The first-order chi connectivity index (χ1) is 8.70. The molecular weight excluding hydrogens is 290 g/mol. The van der Waals surface area contributed by atoms with E-state index in [1.165, 1.54) is 23.6 Å². The molecule has 3 atom stereocenters. The topological polar surface area (TPSA) is 91.8 Å². The Bertz CT molecular complexity index is 462. The van der Waals surface area contributed by atoms with Crippen molar-refractivity contribution >= 4 is 33.5 Å². The van der Waals surface area contributed by atoms with E-state index >= 15 is 0 Å². The standard InChI is InChI=1S/C11H19NO5S2/c1-4-5-9-12(8(6-18-9)11(14)15)10(13)7(2)19(3,16)17/h7-9H,4-6H2,1-3H3,(H,14,15). The van der Waals surface area contributed by atoms with E-state index in [-0.39, 0.29) is 5.37 Å². The monoisotopic (exact) mass is 309 g/mol. The third-order valence-electron chi connectivity index (χ3n) is 3.16. The lowest BCUT2D eigenvalue weighted by atomic mass is 10.2. The van der Waals surface area contributed by atoms with Crippen LogP contribution < -0.4 is 0 Å². The van der Waals surface area contributed by atoms with Gasteiger partial charge in [-0.3, -0.25) is 4.79 Å². The maximum absolute atomic E-state index is 12.3. The summed E-state index contributed by atoms with van der Waals surface area (Å²) in [6.45, 7) is 3.25. The fraction of sp³-hybridized carbons (Fsp3) is 0.818. The maximum atomic E-state index is 12.3. The van der Waals surface area contributed by atoms with Crippen molar-refractivity contribution in [2.75, 3.05) is 12.0 Å². The van der Waals surface area contributed by atoms with Crippen LogP contribution in [-0.4, -0.2) is 59.0 Å². The second-order valence-electron chi connectivity index (χ2n) is 4.65. The third kappa shape index (κ3) is 3.62. The lowest BCUT2D eigenvalue weighted by molar-refractivity contribution is -0.148. The molecule has 1 rings (SSSR count). The van der Waals surface area contributed by atoms with Crippen molar-refractivity contribution in [3.05, 3.63) is 0 Å². The maximum Gasteiger partial charge on any atom is 0.327 e. The number of nitrogens with zero attached hydrogens (tertiary/aromatic N) is 1. The summed E-state index contributed by atoms with van der Waals surface area (Å²) in [5, 5.41) is 7.70. The molecule has 0 aromatic heterocycles. The molecule has 0 aliphatic carbocycles. The molecule has 1 saturated heterocycles. The minimum absolute atomic E-state index is 0.247. The van der Waals surface area contributed by atoms with Gasteiger partial charge in [-0.15, -0.1) is 11.8 Å². The molecule has 0 spiro atoms. The number of carbonyl (C=O) groups is 2. The summed E-state index contributed by atoms with van der Waals surface area (Å²) >= 11 is 1.40. The molecule has 1 aliphatic heterocycles. The molecule has 0 radical (unpaired) electrons. The Hall–Kier alpha value is -0.760. The van der Waals surface area contributed by atoms with Crippen LogP contribution in [0, 0.1) is 0 Å². The molecule has 0 aromatic rings. The Kier molecular flexibility index (Phi) is 5.26. The van der Waals surface area contributed by atoms with E-state index in [1.807, 2.05) is 6.92 Å². The van der Waals surface area contributed by atoms with Gasteiger partial charge in [0.15, 0.2) is 9.84 Å². The molecule has 0 bridgehead atoms. The molecule has 19 heavy (non-hydrogen) atoms. The number of hydrogen-bond acceptors (Lipinski definition) is 5. The van der Waals surface area contributed by atoms with Crippen LogP contribution in [0.4, 0.5) is 0 Å². The van der Waals surface area contributed by atoms with Crippen LogP contribution in [0.3, 0.4) is 0 Å². The van der Waals surface area contributed by atoms with Gasteiger partial charge in [-0.25, -0.2) is 13.2 Å². The first kappa shape index (κ1) is 16.3. The van der Waals surface area contributed by atoms with Gasteiger partial charge in [0.25, 0.3) is 0 Å². The Morgan fingerprint density at radius 1 is 1.47 bits per heavy atom. The van der Waals surface area contributed by atoms with Crippen molar-refractivity contribution in [2.45, 2.75) is 43.4 Å². The summed E-state index contributed by atoms with van der Waals surface area (Å²) in [7, 11) is -3.52. The van der Waals surface area contributed by atoms with Gasteiger partial charge in [0.1, 0.15) is 11.3 Å². The molecular formula is C11H19NO5S2. The number of carbonyl (C=O) groups excluding carboxylic acids is 1. The fourth-order valence-corrected chi connectivity index (χ4v) is 3.92. The molecule has 110 valence electrons. The summed E-state index contributed by atoms with van der Waals surface area (Å²) in [6, 6.07) is -0.932. The van der Waals surface area contributed by atoms with Crippen molar-refractivity contribution < 1.29 is 23.1 Å². The molecule has 1 heterocycles. The Morgan fingerprint density at radius 3 is 2.47 bits per heavy atom. The van der Waals surface area contributed by atoms with Crippen LogP contribution >= 0.6 is 11.8 Å². The van der Waals surface area contributed by atoms with Crippen molar-refractivity contribution in [1.82, 2.24) is 4.90 Å². The second kappa shape index (κ2) is 6.13. The smallest absolute Gasteiger partial charge is 0.327 e. The van der Waals surface area contributed by atoms with Gasteiger partial charge in [0.05, 0.1) is 5.37 Å². The number of sulfone groups is 1. The zero-order valence-corrected chi connectivity index (χ0v) is 12.8. The van der Waals surface area contributed by atoms with Crippen LogP contribution in [0.5, 0.6) is 0 Å². The lowest BCUT2D eigenvalue weighted by Crippen LogP contribution is -2.50. The summed E-state index contributed by atoms with van der Waals surface area (Å²) in [6.07, 6.45) is 2.46. The average Bonchev–Trinajstić information content (AvgIpc) is 2.70. The van der Waals surface area contributed by atoms with Gasteiger partial charge in [0.2, 0.25) is 5.91 Å². The van der Waals surface area contributed by atoms with Gasteiger partial charge >= 0.3 is 5.97 Å². The predicted molar refractivity (Wildman–Crippen MR) is 73.7 cm³/mol. The summed E-state index contributed by atoms with van der Waals surface area (Å²) in [5.74, 6) is -1.39. The number of hydrogen-bond donors (Lipinski definition) is 1. The van der Waals surface area contributed by atoms with E-state index in [0.29, 0.717) is 12.2 Å². The summed E-state index contributed by atoms with van der Waals surface area (Å²) in [5.41, 5.74) is 0. The van der Waals surface area contributed by atoms with Crippen molar-refractivity contribution in [3.63, 3.8) is 0 Å². The average molecular weight is 309 g/mol. The van der Waals surface area contributed by atoms with Crippen molar-refractivity contribution in [2.24, 2.45) is 0 Å². The number of rotatable bonds is 5. The number of carboxylic acids is 1. The second-order valence-corrected chi connectivity index (χ2v) is 8.22. The minimum atomic E-state index is -3.52. The third-order valence-corrected chi connectivity index (χ3v) is 6.00. The number of thioether (sulfide) groups is 1. The minimum Gasteiger partial charge on any atom is -0.480 e. The van der Waals surface area contributed by atoms with E-state index in [0.717, 1.165) is 12.7 Å². The fourth-order valence-electron chi connectivity index (χ4n) is 1.91.